The van der Waals surface area contributed by atoms with Gasteiger partial charge in [0.2, 0.25) is 0 Å². The van der Waals surface area contributed by atoms with Crippen LogP contribution in [-0.2, 0) is 5.41 Å². The van der Waals surface area contributed by atoms with Crippen molar-refractivity contribution in [3.63, 3.8) is 0 Å². The fraction of sp³-hybridized carbons (Fsp3) is 0.727. The quantitative estimate of drug-likeness (QED) is 0.706. The normalized spacial score (nSPS) is 12.5. The SMILES string of the molecule is Cc1[nH]c(C(C)(C)C)nc1C(C)C. The zero-order chi connectivity index (χ0) is 10.2. The third-order valence-electron chi connectivity index (χ3n) is 2.18. The van der Waals surface area contributed by atoms with E-state index >= 15 is 0 Å². The van der Waals surface area contributed by atoms with Crippen LogP contribution in [0.5, 0.6) is 0 Å². The highest BCUT2D eigenvalue weighted by molar-refractivity contribution is 5.19. The van der Waals surface area contributed by atoms with Crippen LogP contribution in [0.4, 0.5) is 0 Å². The van der Waals surface area contributed by atoms with E-state index in [2.05, 4.69) is 51.5 Å². The van der Waals surface area contributed by atoms with Crippen molar-refractivity contribution in [1.29, 1.82) is 0 Å². The van der Waals surface area contributed by atoms with Gasteiger partial charge in [0.1, 0.15) is 5.82 Å². The molecule has 0 aliphatic rings. The summed E-state index contributed by atoms with van der Waals surface area (Å²) in [6, 6.07) is 0. The molecule has 0 aromatic carbocycles. The Labute approximate surface area is 80.8 Å². The molecule has 0 fully saturated rings. The topological polar surface area (TPSA) is 28.7 Å². The van der Waals surface area contributed by atoms with Crippen molar-refractivity contribution in [2.45, 2.75) is 52.9 Å². The van der Waals surface area contributed by atoms with Crippen LogP contribution in [0.15, 0.2) is 0 Å². The van der Waals surface area contributed by atoms with Gasteiger partial charge in [-0.2, -0.15) is 0 Å². The Morgan fingerprint density at radius 1 is 1.23 bits per heavy atom. The molecular formula is C11H20N2. The number of H-pyrrole nitrogens is 1. The van der Waals surface area contributed by atoms with Crippen molar-refractivity contribution in [2.24, 2.45) is 0 Å². The van der Waals surface area contributed by atoms with E-state index in [1.165, 1.54) is 11.4 Å². The summed E-state index contributed by atoms with van der Waals surface area (Å²) >= 11 is 0. The minimum absolute atomic E-state index is 0.123. The standard InChI is InChI=1S/C11H20N2/c1-7(2)9-8(3)12-10(13-9)11(4,5)6/h7H,1-6H3,(H,12,13). The molecule has 0 bridgehead atoms. The van der Waals surface area contributed by atoms with E-state index in [1.54, 1.807) is 0 Å². The zero-order valence-electron chi connectivity index (χ0n) is 9.52. The summed E-state index contributed by atoms with van der Waals surface area (Å²) in [5, 5.41) is 0. The minimum atomic E-state index is 0.123. The van der Waals surface area contributed by atoms with Crippen LogP contribution < -0.4 is 0 Å². The molecule has 0 amide bonds. The van der Waals surface area contributed by atoms with E-state index in [1.807, 2.05) is 0 Å². The third-order valence-corrected chi connectivity index (χ3v) is 2.18. The fourth-order valence-electron chi connectivity index (χ4n) is 1.39. The maximum absolute atomic E-state index is 4.62. The summed E-state index contributed by atoms with van der Waals surface area (Å²) in [6.07, 6.45) is 0. The lowest BCUT2D eigenvalue weighted by Gasteiger charge is -2.14. The van der Waals surface area contributed by atoms with Gasteiger partial charge in [0, 0.05) is 11.1 Å². The van der Waals surface area contributed by atoms with E-state index < -0.39 is 0 Å². The van der Waals surface area contributed by atoms with E-state index in [0.717, 1.165) is 5.82 Å². The van der Waals surface area contributed by atoms with Gasteiger partial charge in [0.15, 0.2) is 0 Å². The Morgan fingerprint density at radius 3 is 2.00 bits per heavy atom. The molecule has 1 heterocycles. The Balaban J connectivity index is 3.10. The first kappa shape index (κ1) is 10.3. The number of rotatable bonds is 1. The first-order valence-electron chi connectivity index (χ1n) is 4.89. The molecule has 1 aromatic rings. The number of nitrogens with zero attached hydrogens (tertiary/aromatic N) is 1. The van der Waals surface area contributed by atoms with Crippen molar-refractivity contribution in [3.8, 4) is 0 Å². The molecule has 1 N–H and O–H groups in total. The van der Waals surface area contributed by atoms with Crippen LogP contribution in [0, 0.1) is 6.92 Å². The first-order chi connectivity index (χ1) is 5.82. The van der Waals surface area contributed by atoms with Crippen LogP contribution in [0.3, 0.4) is 0 Å². The molecule has 0 atom stereocenters. The second kappa shape index (κ2) is 3.17. The van der Waals surface area contributed by atoms with Crippen LogP contribution in [0.25, 0.3) is 0 Å². The second-order valence-corrected chi connectivity index (χ2v) is 5.00. The number of aromatic nitrogens is 2. The summed E-state index contributed by atoms with van der Waals surface area (Å²) in [5.41, 5.74) is 2.53. The van der Waals surface area contributed by atoms with Crippen molar-refractivity contribution < 1.29 is 0 Å². The Morgan fingerprint density at radius 2 is 1.77 bits per heavy atom. The van der Waals surface area contributed by atoms with Crippen molar-refractivity contribution in [2.75, 3.05) is 0 Å². The largest absolute Gasteiger partial charge is 0.345 e. The number of imidazole rings is 1. The second-order valence-electron chi connectivity index (χ2n) is 5.00. The summed E-state index contributed by atoms with van der Waals surface area (Å²) in [7, 11) is 0. The van der Waals surface area contributed by atoms with Gasteiger partial charge in [0.25, 0.3) is 0 Å². The van der Waals surface area contributed by atoms with E-state index in [9.17, 15) is 0 Å². The molecule has 2 nitrogen and oxygen atoms in total. The molecule has 1 rings (SSSR count). The van der Waals surface area contributed by atoms with Gasteiger partial charge in [-0.25, -0.2) is 4.98 Å². The number of hydrogen-bond donors (Lipinski definition) is 1. The maximum atomic E-state index is 4.62. The maximum Gasteiger partial charge on any atom is 0.111 e. The summed E-state index contributed by atoms with van der Waals surface area (Å²) in [6.45, 7) is 13.0. The molecule has 2 heteroatoms. The molecule has 0 radical (unpaired) electrons. The highest BCUT2D eigenvalue weighted by Crippen LogP contribution is 2.23. The zero-order valence-corrected chi connectivity index (χ0v) is 9.52. The molecule has 0 aliphatic carbocycles. The Bertz CT molecular complexity index is 290. The highest BCUT2D eigenvalue weighted by atomic mass is 15.0. The third kappa shape index (κ3) is 2.11. The predicted octanol–water partition coefficient (Wildman–Crippen LogP) is 3.14. The minimum Gasteiger partial charge on any atom is -0.345 e. The van der Waals surface area contributed by atoms with Gasteiger partial charge in [-0.1, -0.05) is 34.6 Å². The summed E-state index contributed by atoms with van der Waals surface area (Å²) < 4.78 is 0. The van der Waals surface area contributed by atoms with Gasteiger partial charge in [-0.3, -0.25) is 0 Å². The molecule has 0 aliphatic heterocycles. The van der Waals surface area contributed by atoms with Gasteiger partial charge < -0.3 is 4.98 Å². The molecule has 0 saturated carbocycles. The average molecular weight is 180 g/mol. The fourth-order valence-corrected chi connectivity index (χ4v) is 1.39. The molecule has 0 spiro atoms. The van der Waals surface area contributed by atoms with Crippen molar-refractivity contribution in [3.05, 3.63) is 17.2 Å². The van der Waals surface area contributed by atoms with E-state index in [-0.39, 0.29) is 5.41 Å². The summed E-state index contributed by atoms with van der Waals surface area (Å²) in [4.78, 5) is 7.98. The predicted molar refractivity (Wildman–Crippen MR) is 56.1 cm³/mol. The number of aryl methyl sites for hydroxylation is 1. The van der Waals surface area contributed by atoms with Crippen molar-refractivity contribution >= 4 is 0 Å². The van der Waals surface area contributed by atoms with Crippen LogP contribution >= 0.6 is 0 Å². The van der Waals surface area contributed by atoms with Gasteiger partial charge >= 0.3 is 0 Å². The highest BCUT2D eigenvalue weighted by Gasteiger charge is 2.20. The number of hydrogen-bond acceptors (Lipinski definition) is 1. The van der Waals surface area contributed by atoms with Crippen LogP contribution in [0.2, 0.25) is 0 Å². The van der Waals surface area contributed by atoms with E-state index in [4.69, 9.17) is 0 Å². The number of aromatic amines is 1. The van der Waals surface area contributed by atoms with E-state index in [0.29, 0.717) is 5.92 Å². The van der Waals surface area contributed by atoms with Crippen LogP contribution in [0.1, 0.15) is 57.7 Å². The van der Waals surface area contributed by atoms with Gasteiger partial charge in [-0.05, 0) is 12.8 Å². The monoisotopic (exact) mass is 180 g/mol. The Hall–Kier alpha value is -0.790. The van der Waals surface area contributed by atoms with Gasteiger partial charge in [0.05, 0.1) is 5.69 Å². The molecule has 13 heavy (non-hydrogen) atoms. The molecule has 0 unspecified atom stereocenters. The molecule has 0 saturated heterocycles. The molecule has 1 aromatic heterocycles. The van der Waals surface area contributed by atoms with Crippen molar-refractivity contribution in [1.82, 2.24) is 9.97 Å². The lowest BCUT2D eigenvalue weighted by Crippen LogP contribution is -2.13. The molecular weight excluding hydrogens is 160 g/mol. The summed E-state index contributed by atoms with van der Waals surface area (Å²) in [5.74, 6) is 1.60. The lowest BCUT2D eigenvalue weighted by atomic mass is 9.96. The Kier molecular flexibility index (Phi) is 2.51. The molecule has 74 valence electrons. The van der Waals surface area contributed by atoms with Crippen LogP contribution in [-0.4, -0.2) is 9.97 Å². The lowest BCUT2D eigenvalue weighted by molar-refractivity contribution is 0.549. The smallest absolute Gasteiger partial charge is 0.111 e. The number of nitrogens with one attached hydrogen (secondary N) is 1. The average Bonchev–Trinajstić information content (AvgIpc) is 2.29. The van der Waals surface area contributed by atoms with Gasteiger partial charge in [-0.15, -0.1) is 0 Å². The first-order valence-corrected chi connectivity index (χ1v) is 4.89.